The molecular formula is C16H15N5. The number of rotatable bonds is 4. The Morgan fingerprint density at radius 1 is 1.19 bits per heavy atom. The van der Waals surface area contributed by atoms with Crippen molar-refractivity contribution in [3.05, 3.63) is 65.1 Å². The molecule has 0 atom stereocenters. The van der Waals surface area contributed by atoms with Crippen molar-refractivity contribution in [1.82, 2.24) is 19.9 Å². The highest BCUT2D eigenvalue weighted by Gasteiger charge is 2.01. The minimum Gasteiger partial charge on any atom is -0.309 e. The first kappa shape index (κ1) is 13.3. The second kappa shape index (κ2) is 5.73. The molecule has 0 fully saturated rings. The van der Waals surface area contributed by atoms with Gasteiger partial charge in [-0.3, -0.25) is 0 Å². The number of aromatic nitrogens is 3. The molecule has 0 aliphatic rings. The van der Waals surface area contributed by atoms with Crippen molar-refractivity contribution >= 4 is 5.65 Å². The lowest BCUT2D eigenvalue weighted by molar-refractivity contribution is 0.685. The second-order valence-corrected chi connectivity index (χ2v) is 4.96. The topological polar surface area (TPSA) is 66.0 Å². The minimum absolute atomic E-state index is 0.683. The maximum Gasteiger partial charge on any atom is 0.155 e. The summed E-state index contributed by atoms with van der Waals surface area (Å²) in [5, 5.41) is 16.5. The third-order valence-electron chi connectivity index (χ3n) is 3.23. The Labute approximate surface area is 122 Å². The molecule has 2 aromatic heterocycles. The van der Waals surface area contributed by atoms with Gasteiger partial charge in [-0.15, -0.1) is 0 Å². The Bertz CT molecular complexity index is 796. The van der Waals surface area contributed by atoms with Gasteiger partial charge < -0.3 is 5.32 Å². The Morgan fingerprint density at radius 2 is 1.95 bits per heavy atom. The first-order valence-corrected chi connectivity index (χ1v) is 6.75. The summed E-state index contributed by atoms with van der Waals surface area (Å²) in [7, 11) is 0. The van der Waals surface area contributed by atoms with Gasteiger partial charge in [0.2, 0.25) is 0 Å². The van der Waals surface area contributed by atoms with Crippen molar-refractivity contribution in [3.8, 4) is 6.07 Å². The molecule has 104 valence electrons. The van der Waals surface area contributed by atoms with Gasteiger partial charge in [0, 0.05) is 37.1 Å². The van der Waals surface area contributed by atoms with Crippen LogP contribution in [0.2, 0.25) is 0 Å². The van der Waals surface area contributed by atoms with Gasteiger partial charge in [-0.2, -0.15) is 10.4 Å². The van der Waals surface area contributed by atoms with Crippen LogP contribution in [0, 0.1) is 18.3 Å². The number of hydrogen-bond acceptors (Lipinski definition) is 4. The molecule has 1 aromatic carbocycles. The van der Waals surface area contributed by atoms with E-state index in [4.69, 9.17) is 5.26 Å². The molecule has 0 saturated heterocycles. The molecule has 0 amide bonds. The highest BCUT2D eigenvalue weighted by molar-refractivity contribution is 5.39. The normalized spacial score (nSPS) is 10.7. The summed E-state index contributed by atoms with van der Waals surface area (Å²) in [6.07, 6.45) is 3.85. The lowest BCUT2D eigenvalue weighted by Crippen LogP contribution is -2.13. The van der Waals surface area contributed by atoms with Gasteiger partial charge in [-0.05, 0) is 24.6 Å². The highest BCUT2D eigenvalue weighted by atomic mass is 15.2. The molecule has 0 spiro atoms. The number of benzene rings is 1. The van der Waals surface area contributed by atoms with E-state index in [9.17, 15) is 0 Å². The SMILES string of the molecule is Cc1cc2ncc(CNCc3ccc(C#N)cc3)cn2n1. The van der Waals surface area contributed by atoms with Gasteiger partial charge in [-0.25, -0.2) is 9.50 Å². The maximum absolute atomic E-state index is 8.76. The van der Waals surface area contributed by atoms with Crippen molar-refractivity contribution in [2.75, 3.05) is 0 Å². The smallest absolute Gasteiger partial charge is 0.155 e. The van der Waals surface area contributed by atoms with E-state index in [1.807, 2.05) is 49.6 Å². The zero-order valence-electron chi connectivity index (χ0n) is 11.7. The fourth-order valence-electron chi connectivity index (χ4n) is 2.17. The van der Waals surface area contributed by atoms with Crippen molar-refractivity contribution in [1.29, 1.82) is 5.26 Å². The summed E-state index contributed by atoms with van der Waals surface area (Å²) in [6, 6.07) is 11.7. The quantitative estimate of drug-likeness (QED) is 0.794. The molecule has 0 aliphatic heterocycles. The molecule has 5 nitrogen and oxygen atoms in total. The van der Waals surface area contributed by atoms with E-state index in [1.165, 1.54) is 0 Å². The Kier molecular flexibility index (Phi) is 3.63. The summed E-state index contributed by atoms with van der Waals surface area (Å²) in [5.74, 6) is 0. The predicted molar refractivity (Wildman–Crippen MR) is 79.4 cm³/mol. The summed E-state index contributed by atoms with van der Waals surface area (Å²) >= 11 is 0. The molecule has 0 aliphatic carbocycles. The van der Waals surface area contributed by atoms with Gasteiger partial charge in [-0.1, -0.05) is 12.1 Å². The third-order valence-corrected chi connectivity index (χ3v) is 3.23. The largest absolute Gasteiger partial charge is 0.309 e. The van der Waals surface area contributed by atoms with Crippen LogP contribution in [0.25, 0.3) is 5.65 Å². The van der Waals surface area contributed by atoms with E-state index >= 15 is 0 Å². The average Bonchev–Trinajstić information content (AvgIpc) is 2.87. The van der Waals surface area contributed by atoms with Crippen molar-refractivity contribution in [2.45, 2.75) is 20.0 Å². The molecule has 2 heterocycles. The molecule has 0 saturated carbocycles. The molecular weight excluding hydrogens is 262 g/mol. The summed E-state index contributed by atoms with van der Waals surface area (Å²) < 4.78 is 1.80. The van der Waals surface area contributed by atoms with E-state index in [-0.39, 0.29) is 0 Å². The standard InChI is InChI=1S/C16H15N5/c1-12-6-16-19-10-15(11-21(16)20-12)9-18-8-14-4-2-13(7-17)3-5-14/h2-6,10-11,18H,8-9H2,1H3. The van der Waals surface area contributed by atoms with Crippen LogP contribution in [0.1, 0.15) is 22.4 Å². The van der Waals surface area contributed by atoms with Gasteiger partial charge >= 0.3 is 0 Å². The van der Waals surface area contributed by atoms with E-state index in [0.29, 0.717) is 5.56 Å². The van der Waals surface area contributed by atoms with Gasteiger partial charge in [0.05, 0.1) is 17.3 Å². The zero-order chi connectivity index (χ0) is 14.7. The van der Waals surface area contributed by atoms with Crippen molar-refractivity contribution < 1.29 is 0 Å². The van der Waals surface area contributed by atoms with Gasteiger partial charge in [0.15, 0.2) is 5.65 Å². The van der Waals surface area contributed by atoms with Crippen LogP contribution in [0.5, 0.6) is 0 Å². The van der Waals surface area contributed by atoms with Crippen LogP contribution < -0.4 is 5.32 Å². The number of aryl methyl sites for hydroxylation is 1. The van der Waals surface area contributed by atoms with E-state index in [0.717, 1.165) is 35.6 Å². The van der Waals surface area contributed by atoms with Crippen LogP contribution in [0.4, 0.5) is 0 Å². The first-order chi connectivity index (χ1) is 10.2. The lowest BCUT2D eigenvalue weighted by atomic mass is 10.1. The Hall–Kier alpha value is -2.71. The predicted octanol–water partition coefficient (Wildman–Crippen LogP) is 2.20. The molecule has 5 heteroatoms. The fraction of sp³-hybridized carbons (Fsp3) is 0.188. The molecule has 0 bridgehead atoms. The lowest BCUT2D eigenvalue weighted by Gasteiger charge is -2.05. The molecule has 0 unspecified atom stereocenters. The number of nitrogens with zero attached hydrogens (tertiary/aromatic N) is 4. The van der Waals surface area contributed by atoms with E-state index in [1.54, 1.807) is 4.52 Å². The molecule has 3 aromatic rings. The summed E-state index contributed by atoms with van der Waals surface area (Å²) in [4.78, 5) is 4.37. The van der Waals surface area contributed by atoms with Crippen LogP contribution in [-0.4, -0.2) is 14.6 Å². The Morgan fingerprint density at radius 3 is 2.71 bits per heavy atom. The zero-order valence-corrected chi connectivity index (χ0v) is 11.7. The summed E-state index contributed by atoms with van der Waals surface area (Å²) in [5.41, 5.74) is 4.74. The third kappa shape index (κ3) is 3.07. The van der Waals surface area contributed by atoms with Gasteiger partial charge in [0.1, 0.15) is 0 Å². The Balaban J connectivity index is 1.61. The molecule has 3 rings (SSSR count). The molecule has 1 N–H and O–H groups in total. The first-order valence-electron chi connectivity index (χ1n) is 6.75. The highest BCUT2D eigenvalue weighted by Crippen LogP contribution is 2.06. The van der Waals surface area contributed by atoms with Gasteiger partial charge in [0.25, 0.3) is 0 Å². The maximum atomic E-state index is 8.76. The molecule has 21 heavy (non-hydrogen) atoms. The van der Waals surface area contributed by atoms with Crippen molar-refractivity contribution in [3.63, 3.8) is 0 Å². The van der Waals surface area contributed by atoms with Crippen LogP contribution >= 0.6 is 0 Å². The van der Waals surface area contributed by atoms with Crippen molar-refractivity contribution in [2.24, 2.45) is 0 Å². The number of nitrogens with one attached hydrogen (secondary N) is 1. The van der Waals surface area contributed by atoms with Crippen LogP contribution in [-0.2, 0) is 13.1 Å². The number of fused-ring (bicyclic) bond motifs is 1. The van der Waals surface area contributed by atoms with Crippen LogP contribution in [0.3, 0.4) is 0 Å². The number of nitriles is 1. The second-order valence-electron chi connectivity index (χ2n) is 4.96. The fourth-order valence-corrected chi connectivity index (χ4v) is 2.17. The van der Waals surface area contributed by atoms with E-state index in [2.05, 4.69) is 21.5 Å². The van der Waals surface area contributed by atoms with E-state index < -0.39 is 0 Å². The number of hydrogen-bond donors (Lipinski definition) is 1. The minimum atomic E-state index is 0.683. The molecule has 0 radical (unpaired) electrons. The average molecular weight is 277 g/mol. The van der Waals surface area contributed by atoms with Crippen LogP contribution in [0.15, 0.2) is 42.7 Å². The summed E-state index contributed by atoms with van der Waals surface area (Å²) in [6.45, 7) is 3.43. The monoisotopic (exact) mass is 277 g/mol.